The van der Waals surface area contributed by atoms with Crippen molar-refractivity contribution in [2.75, 3.05) is 13.7 Å². The van der Waals surface area contributed by atoms with E-state index in [9.17, 15) is 4.79 Å². The number of ether oxygens (including phenoxy) is 2. The van der Waals surface area contributed by atoms with Crippen molar-refractivity contribution in [3.8, 4) is 0 Å². The summed E-state index contributed by atoms with van der Waals surface area (Å²) in [7, 11) is 1.38. The molecule has 4 unspecified atom stereocenters. The summed E-state index contributed by atoms with van der Waals surface area (Å²) in [4.78, 5) is 11.5. The van der Waals surface area contributed by atoms with Crippen molar-refractivity contribution in [2.45, 2.75) is 71.4 Å². The monoisotopic (exact) mass is 299 g/mol. The molecule has 0 saturated heterocycles. The van der Waals surface area contributed by atoms with Gasteiger partial charge < -0.3 is 15.2 Å². The highest BCUT2D eigenvalue weighted by Gasteiger charge is 2.32. The molecule has 1 aliphatic carbocycles. The predicted molar refractivity (Wildman–Crippen MR) is 84.9 cm³/mol. The van der Waals surface area contributed by atoms with Gasteiger partial charge in [-0.15, -0.1) is 0 Å². The Labute approximate surface area is 129 Å². The van der Waals surface area contributed by atoms with E-state index in [0.29, 0.717) is 31.0 Å². The predicted octanol–water partition coefficient (Wildman–Crippen LogP) is 3.13. The van der Waals surface area contributed by atoms with Crippen molar-refractivity contribution >= 4 is 5.97 Å². The van der Waals surface area contributed by atoms with E-state index in [4.69, 9.17) is 15.2 Å². The third-order valence-corrected chi connectivity index (χ3v) is 4.79. The van der Waals surface area contributed by atoms with Crippen LogP contribution in [0.3, 0.4) is 0 Å². The first-order valence-electron chi connectivity index (χ1n) is 8.26. The van der Waals surface area contributed by atoms with Crippen LogP contribution in [0.5, 0.6) is 0 Å². The van der Waals surface area contributed by atoms with E-state index in [1.807, 2.05) is 0 Å². The molecule has 0 aromatic carbocycles. The summed E-state index contributed by atoms with van der Waals surface area (Å²) in [6, 6.07) is 0. The SMILES string of the molecule is COC(=O)C(C)(N)CCCOC1CC(C)CCC1C(C)C. The Kier molecular flexibility index (Phi) is 7.14. The minimum atomic E-state index is -0.907. The first-order chi connectivity index (χ1) is 9.77. The molecule has 124 valence electrons. The Morgan fingerprint density at radius 1 is 1.38 bits per heavy atom. The van der Waals surface area contributed by atoms with E-state index >= 15 is 0 Å². The molecule has 0 radical (unpaired) electrons. The van der Waals surface area contributed by atoms with Gasteiger partial charge in [-0.3, -0.25) is 4.79 Å². The van der Waals surface area contributed by atoms with Crippen molar-refractivity contribution in [2.24, 2.45) is 23.5 Å². The zero-order valence-corrected chi connectivity index (χ0v) is 14.4. The summed E-state index contributed by atoms with van der Waals surface area (Å²) in [5.74, 6) is 1.72. The summed E-state index contributed by atoms with van der Waals surface area (Å²) in [6.45, 7) is 9.26. The van der Waals surface area contributed by atoms with Crippen LogP contribution in [0.1, 0.15) is 59.8 Å². The van der Waals surface area contributed by atoms with Crippen molar-refractivity contribution in [1.82, 2.24) is 0 Å². The molecular weight excluding hydrogens is 266 g/mol. The number of methoxy groups -OCH3 is 1. The average Bonchev–Trinajstić information content (AvgIpc) is 2.42. The number of carbonyl (C=O) groups excluding carboxylic acids is 1. The van der Waals surface area contributed by atoms with E-state index in [1.54, 1.807) is 6.92 Å². The lowest BCUT2D eigenvalue weighted by molar-refractivity contribution is -0.146. The highest BCUT2D eigenvalue weighted by molar-refractivity contribution is 5.79. The third-order valence-electron chi connectivity index (χ3n) is 4.79. The molecule has 0 aromatic rings. The number of carbonyl (C=O) groups is 1. The summed E-state index contributed by atoms with van der Waals surface area (Å²) in [5, 5.41) is 0. The summed E-state index contributed by atoms with van der Waals surface area (Å²) < 4.78 is 10.8. The molecule has 1 aliphatic rings. The Bertz CT molecular complexity index is 328. The standard InChI is InChI=1S/C17H33NO3/c1-12(2)14-8-7-13(3)11-15(14)21-10-6-9-17(4,18)16(19)20-5/h12-15H,6-11,18H2,1-5H3. The summed E-state index contributed by atoms with van der Waals surface area (Å²) >= 11 is 0. The van der Waals surface area contributed by atoms with Gasteiger partial charge in [-0.1, -0.05) is 27.2 Å². The Hall–Kier alpha value is -0.610. The summed E-state index contributed by atoms with van der Waals surface area (Å²) in [6.07, 6.45) is 5.47. The molecule has 4 nitrogen and oxygen atoms in total. The van der Waals surface area contributed by atoms with Crippen molar-refractivity contribution in [3.05, 3.63) is 0 Å². The molecule has 1 rings (SSSR count). The zero-order chi connectivity index (χ0) is 16.0. The lowest BCUT2D eigenvalue weighted by Crippen LogP contribution is -2.46. The topological polar surface area (TPSA) is 61.5 Å². The van der Waals surface area contributed by atoms with Gasteiger partial charge in [0, 0.05) is 6.61 Å². The van der Waals surface area contributed by atoms with E-state index in [1.165, 1.54) is 20.0 Å². The van der Waals surface area contributed by atoms with Crippen LogP contribution in [0.25, 0.3) is 0 Å². The van der Waals surface area contributed by atoms with Gasteiger partial charge in [0.05, 0.1) is 13.2 Å². The quantitative estimate of drug-likeness (QED) is 0.579. The van der Waals surface area contributed by atoms with Crippen molar-refractivity contribution in [3.63, 3.8) is 0 Å². The van der Waals surface area contributed by atoms with E-state index in [0.717, 1.165) is 18.8 Å². The second kappa shape index (κ2) is 8.14. The molecule has 1 fully saturated rings. The number of esters is 1. The molecule has 4 atom stereocenters. The van der Waals surface area contributed by atoms with E-state index in [-0.39, 0.29) is 5.97 Å². The minimum Gasteiger partial charge on any atom is -0.468 e. The maximum atomic E-state index is 11.5. The first kappa shape index (κ1) is 18.4. The van der Waals surface area contributed by atoms with Gasteiger partial charge >= 0.3 is 5.97 Å². The Morgan fingerprint density at radius 2 is 2.05 bits per heavy atom. The van der Waals surface area contributed by atoms with E-state index in [2.05, 4.69) is 20.8 Å². The van der Waals surface area contributed by atoms with Gasteiger partial charge in [0.2, 0.25) is 0 Å². The van der Waals surface area contributed by atoms with Gasteiger partial charge in [-0.05, 0) is 50.4 Å². The van der Waals surface area contributed by atoms with Gasteiger partial charge in [0.25, 0.3) is 0 Å². The molecule has 0 heterocycles. The van der Waals surface area contributed by atoms with Crippen LogP contribution in [0.2, 0.25) is 0 Å². The van der Waals surface area contributed by atoms with Gasteiger partial charge in [-0.2, -0.15) is 0 Å². The summed E-state index contributed by atoms with van der Waals surface area (Å²) in [5.41, 5.74) is 5.05. The maximum absolute atomic E-state index is 11.5. The normalized spacial score (nSPS) is 29.2. The van der Waals surface area contributed by atoms with Crippen LogP contribution in [0.15, 0.2) is 0 Å². The fraction of sp³-hybridized carbons (Fsp3) is 0.941. The maximum Gasteiger partial charge on any atom is 0.325 e. The molecule has 0 aliphatic heterocycles. The molecule has 0 aromatic heterocycles. The highest BCUT2D eigenvalue weighted by Crippen LogP contribution is 2.35. The molecule has 21 heavy (non-hydrogen) atoms. The fourth-order valence-electron chi connectivity index (χ4n) is 3.32. The van der Waals surface area contributed by atoms with Crippen LogP contribution in [0, 0.1) is 17.8 Å². The van der Waals surface area contributed by atoms with Gasteiger partial charge in [0.1, 0.15) is 5.54 Å². The molecule has 0 spiro atoms. The third kappa shape index (κ3) is 5.59. The van der Waals surface area contributed by atoms with Crippen LogP contribution >= 0.6 is 0 Å². The Morgan fingerprint density at radius 3 is 2.62 bits per heavy atom. The zero-order valence-electron chi connectivity index (χ0n) is 14.4. The number of hydrogen-bond acceptors (Lipinski definition) is 4. The largest absolute Gasteiger partial charge is 0.468 e. The van der Waals surface area contributed by atoms with Crippen molar-refractivity contribution in [1.29, 1.82) is 0 Å². The van der Waals surface area contributed by atoms with Crippen LogP contribution in [-0.2, 0) is 14.3 Å². The van der Waals surface area contributed by atoms with Gasteiger partial charge in [0.15, 0.2) is 0 Å². The average molecular weight is 299 g/mol. The van der Waals surface area contributed by atoms with Crippen LogP contribution in [-0.4, -0.2) is 31.3 Å². The number of nitrogens with two attached hydrogens (primary N) is 1. The molecule has 0 amide bonds. The molecule has 4 heteroatoms. The Balaban J connectivity index is 2.37. The fourth-order valence-corrected chi connectivity index (χ4v) is 3.32. The van der Waals surface area contributed by atoms with E-state index < -0.39 is 5.54 Å². The molecule has 2 N–H and O–H groups in total. The number of hydrogen-bond donors (Lipinski definition) is 1. The molecule has 0 bridgehead atoms. The second-order valence-electron chi connectivity index (χ2n) is 7.25. The lowest BCUT2D eigenvalue weighted by atomic mass is 9.75. The van der Waals surface area contributed by atoms with Crippen LogP contribution < -0.4 is 5.73 Å². The first-order valence-corrected chi connectivity index (χ1v) is 8.26. The minimum absolute atomic E-state index is 0.353. The molecule has 1 saturated carbocycles. The highest BCUT2D eigenvalue weighted by atomic mass is 16.5. The second-order valence-corrected chi connectivity index (χ2v) is 7.25. The van der Waals surface area contributed by atoms with Gasteiger partial charge in [-0.25, -0.2) is 0 Å². The molecular formula is C17H33NO3. The smallest absolute Gasteiger partial charge is 0.325 e. The number of rotatable bonds is 7. The van der Waals surface area contributed by atoms with Crippen LogP contribution in [0.4, 0.5) is 0 Å². The van der Waals surface area contributed by atoms with Crippen molar-refractivity contribution < 1.29 is 14.3 Å². The lowest BCUT2D eigenvalue weighted by Gasteiger charge is -2.37.